The predicted molar refractivity (Wildman–Crippen MR) is 120 cm³/mol. The first-order valence-electron chi connectivity index (χ1n) is 8.89. The van der Waals surface area contributed by atoms with Gasteiger partial charge in [-0.1, -0.05) is 47.5 Å². The van der Waals surface area contributed by atoms with Crippen LogP contribution in [0.25, 0.3) is 22.6 Å². The van der Waals surface area contributed by atoms with Crippen LogP contribution in [0.1, 0.15) is 6.92 Å². The van der Waals surface area contributed by atoms with Crippen molar-refractivity contribution in [3.8, 4) is 11.5 Å². The van der Waals surface area contributed by atoms with Crippen molar-refractivity contribution >= 4 is 57.7 Å². The Kier molecular flexibility index (Phi) is 5.81. The Morgan fingerprint density at radius 3 is 2.66 bits per heavy atom. The average molecular weight is 443 g/mol. The van der Waals surface area contributed by atoms with E-state index in [0.717, 1.165) is 10.5 Å². The summed E-state index contributed by atoms with van der Waals surface area (Å²) < 4.78 is 5.81. The molecule has 3 aromatic carbocycles. The molecule has 29 heavy (non-hydrogen) atoms. The van der Waals surface area contributed by atoms with E-state index in [0.29, 0.717) is 32.7 Å². The van der Waals surface area contributed by atoms with Crippen molar-refractivity contribution in [2.45, 2.75) is 17.1 Å². The molecular formula is C22H16Cl2N2O2S. The predicted octanol–water partition coefficient (Wildman–Crippen LogP) is 6.92. The van der Waals surface area contributed by atoms with Gasteiger partial charge in [0, 0.05) is 16.1 Å². The maximum Gasteiger partial charge on any atom is 0.237 e. The van der Waals surface area contributed by atoms with Crippen LogP contribution in [0.3, 0.4) is 0 Å². The number of amides is 1. The number of thioether (sulfide) groups is 1. The fourth-order valence-corrected chi connectivity index (χ4v) is 4.18. The first-order valence-corrected chi connectivity index (χ1v) is 10.5. The van der Waals surface area contributed by atoms with Gasteiger partial charge in [0.2, 0.25) is 11.8 Å². The zero-order chi connectivity index (χ0) is 20.4. The molecule has 0 aliphatic heterocycles. The van der Waals surface area contributed by atoms with Crippen molar-refractivity contribution in [2.24, 2.45) is 0 Å². The first-order chi connectivity index (χ1) is 14.0. The van der Waals surface area contributed by atoms with E-state index < -0.39 is 0 Å². The number of rotatable bonds is 5. The van der Waals surface area contributed by atoms with E-state index in [1.54, 1.807) is 24.3 Å². The van der Waals surface area contributed by atoms with Crippen molar-refractivity contribution in [3.05, 3.63) is 76.8 Å². The summed E-state index contributed by atoms with van der Waals surface area (Å²) in [4.78, 5) is 17.9. The zero-order valence-electron chi connectivity index (χ0n) is 15.4. The summed E-state index contributed by atoms with van der Waals surface area (Å²) in [5, 5.41) is 3.48. The second kappa shape index (κ2) is 8.49. The lowest BCUT2D eigenvalue weighted by Crippen LogP contribution is -2.22. The summed E-state index contributed by atoms with van der Waals surface area (Å²) in [5.74, 6) is 0.403. The number of carbonyl (C=O) groups is 1. The average Bonchev–Trinajstić information content (AvgIpc) is 3.15. The first kappa shape index (κ1) is 19.8. The maximum absolute atomic E-state index is 12.6. The van der Waals surface area contributed by atoms with Crippen LogP contribution in [-0.4, -0.2) is 16.1 Å². The minimum atomic E-state index is -0.362. The molecule has 0 bridgehead atoms. The molecule has 0 saturated heterocycles. The lowest BCUT2D eigenvalue weighted by Gasteiger charge is -2.13. The second-order valence-electron chi connectivity index (χ2n) is 6.37. The summed E-state index contributed by atoms with van der Waals surface area (Å²) in [7, 11) is 0. The highest BCUT2D eigenvalue weighted by Crippen LogP contribution is 2.35. The third-order valence-corrected chi connectivity index (χ3v) is 6.36. The summed E-state index contributed by atoms with van der Waals surface area (Å²) >= 11 is 13.6. The molecule has 7 heteroatoms. The lowest BCUT2D eigenvalue weighted by atomic mass is 10.2. The molecule has 0 unspecified atom stereocenters. The van der Waals surface area contributed by atoms with E-state index in [2.05, 4.69) is 10.3 Å². The number of halogens is 2. The number of anilines is 1. The fourth-order valence-electron chi connectivity index (χ4n) is 2.77. The molecule has 1 N–H and O–H groups in total. The van der Waals surface area contributed by atoms with Gasteiger partial charge in [-0.15, -0.1) is 11.8 Å². The van der Waals surface area contributed by atoms with Crippen molar-refractivity contribution < 1.29 is 9.21 Å². The smallest absolute Gasteiger partial charge is 0.237 e. The Morgan fingerprint density at radius 1 is 1.07 bits per heavy atom. The van der Waals surface area contributed by atoms with Crippen LogP contribution in [0.4, 0.5) is 5.69 Å². The molecule has 0 spiro atoms. The number of fused-ring (bicyclic) bond motifs is 1. The molecule has 4 nitrogen and oxygen atoms in total. The van der Waals surface area contributed by atoms with Crippen molar-refractivity contribution in [3.63, 3.8) is 0 Å². The van der Waals surface area contributed by atoms with E-state index in [9.17, 15) is 4.79 Å². The molecule has 1 amide bonds. The minimum Gasteiger partial charge on any atom is -0.436 e. The number of oxazole rings is 1. The highest BCUT2D eigenvalue weighted by atomic mass is 35.5. The van der Waals surface area contributed by atoms with Crippen LogP contribution in [0.2, 0.25) is 10.0 Å². The molecule has 1 aromatic heterocycles. The van der Waals surface area contributed by atoms with E-state index in [-0.39, 0.29) is 11.2 Å². The molecule has 146 valence electrons. The SMILES string of the molecule is C[C@@H](Sc1cccc(Cl)c1Cl)C(=O)Nc1ccc2oc(-c3ccccc3)nc2c1. The van der Waals surface area contributed by atoms with Gasteiger partial charge in [0.1, 0.15) is 5.52 Å². The number of aromatic nitrogens is 1. The van der Waals surface area contributed by atoms with Crippen molar-refractivity contribution in [2.75, 3.05) is 5.32 Å². The Hall–Kier alpha value is -2.47. The number of hydrogen-bond donors (Lipinski definition) is 1. The largest absolute Gasteiger partial charge is 0.436 e. The van der Waals surface area contributed by atoms with Gasteiger partial charge < -0.3 is 9.73 Å². The maximum atomic E-state index is 12.6. The molecule has 0 aliphatic rings. The van der Waals surface area contributed by atoms with Gasteiger partial charge in [-0.2, -0.15) is 0 Å². The molecular weight excluding hydrogens is 427 g/mol. The van der Waals surface area contributed by atoms with Crippen LogP contribution in [0.5, 0.6) is 0 Å². The van der Waals surface area contributed by atoms with Gasteiger partial charge in [-0.25, -0.2) is 4.98 Å². The van der Waals surface area contributed by atoms with E-state index in [1.807, 2.05) is 49.4 Å². The highest BCUT2D eigenvalue weighted by Gasteiger charge is 2.18. The number of hydrogen-bond acceptors (Lipinski definition) is 4. The van der Waals surface area contributed by atoms with Crippen molar-refractivity contribution in [1.29, 1.82) is 0 Å². The van der Waals surface area contributed by atoms with E-state index in [4.69, 9.17) is 27.6 Å². The number of nitrogens with zero attached hydrogens (tertiary/aromatic N) is 1. The van der Waals surface area contributed by atoms with Gasteiger partial charge in [-0.3, -0.25) is 4.79 Å². The van der Waals surface area contributed by atoms with Crippen LogP contribution < -0.4 is 5.32 Å². The van der Waals surface area contributed by atoms with Gasteiger partial charge in [0.05, 0.1) is 15.3 Å². The van der Waals surface area contributed by atoms with E-state index >= 15 is 0 Å². The number of carbonyl (C=O) groups excluding carboxylic acids is 1. The fraction of sp³-hybridized carbons (Fsp3) is 0.0909. The molecule has 1 atom stereocenters. The summed E-state index contributed by atoms with van der Waals surface area (Å²) in [6.45, 7) is 1.82. The Morgan fingerprint density at radius 2 is 1.86 bits per heavy atom. The second-order valence-corrected chi connectivity index (χ2v) is 8.54. The van der Waals surface area contributed by atoms with Crippen LogP contribution >= 0.6 is 35.0 Å². The molecule has 1 heterocycles. The Labute approximate surface area is 182 Å². The van der Waals surface area contributed by atoms with Gasteiger partial charge in [-0.05, 0) is 49.4 Å². The normalized spacial score (nSPS) is 12.1. The highest BCUT2D eigenvalue weighted by molar-refractivity contribution is 8.00. The van der Waals surface area contributed by atoms with Gasteiger partial charge >= 0.3 is 0 Å². The third-order valence-electron chi connectivity index (χ3n) is 4.26. The van der Waals surface area contributed by atoms with Crippen molar-refractivity contribution in [1.82, 2.24) is 4.98 Å². The third kappa shape index (κ3) is 4.42. The molecule has 0 saturated carbocycles. The lowest BCUT2D eigenvalue weighted by molar-refractivity contribution is -0.115. The molecule has 4 rings (SSSR count). The van der Waals surface area contributed by atoms with Gasteiger partial charge in [0.15, 0.2) is 5.58 Å². The number of nitrogens with one attached hydrogen (secondary N) is 1. The quantitative estimate of drug-likeness (QED) is 0.340. The molecule has 0 radical (unpaired) electrons. The zero-order valence-corrected chi connectivity index (χ0v) is 17.7. The van der Waals surface area contributed by atoms with E-state index in [1.165, 1.54) is 11.8 Å². The Bertz CT molecular complexity index is 1180. The summed E-state index contributed by atoms with van der Waals surface area (Å²) in [6.07, 6.45) is 0. The van der Waals surface area contributed by atoms with Crippen LogP contribution in [-0.2, 0) is 4.79 Å². The Balaban J connectivity index is 1.49. The van der Waals surface area contributed by atoms with Gasteiger partial charge in [0.25, 0.3) is 0 Å². The topological polar surface area (TPSA) is 55.1 Å². The molecule has 0 aliphatic carbocycles. The molecule has 0 fully saturated rings. The standard InChI is InChI=1S/C22H16Cl2N2O2S/c1-13(29-19-9-5-8-16(23)20(19)24)21(27)25-15-10-11-18-17(12-15)26-22(28-18)14-6-3-2-4-7-14/h2-13H,1H3,(H,25,27)/t13-/m1/s1. The summed E-state index contributed by atoms with van der Waals surface area (Å²) in [6, 6.07) is 20.4. The van der Waals surface area contributed by atoms with Crippen LogP contribution in [0, 0.1) is 0 Å². The molecule has 4 aromatic rings. The summed E-state index contributed by atoms with van der Waals surface area (Å²) in [5.41, 5.74) is 2.90. The monoisotopic (exact) mass is 442 g/mol. The van der Waals surface area contributed by atoms with Crippen LogP contribution in [0.15, 0.2) is 76.0 Å². The minimum absolute atomic E-state index is 0.142. The number of benzene rings is 3.